The number of hydrogen-bond donors (Lipinski definition) is 1. The minimum atomic E-state index is -0.560. The summed E-state index contributed by atoms with van der Waals surface area (Å²) in [5, 5.41) is 14.5. The number of nitrogens with zero attached hydrogens (tertiary/aromatic N) is 2. The average molecular weight is 467 g/mol. The van der Waals surface area contributed by atoms with Crippen molar-refractivity contribution in [3.63, 3.8) is 0 Å². The van der Waals surface area contributed by atoms with Gasteiger partial charge in [-0.05, 0) is 53.5 Å². The first-order valence-corrected chi connectivity index (χ1v) is 9.67. The van der Waals surface area contributed by atoms with Crippen molar-refractivity contribution in [2.24, 2.45) is 5.92 Å². The molecule has 1 atom stereocenters. The van der Waals surface area contributed by atoms with Crippen molar-refractivity contribution < 1.29 is 14.5 Å². The van der Waals surface area contributed by atoms with Gasteiger partial charge in [0.1, 0.15) is 0 Å². The molecule has 0 bridgehead atoms. The first-order chi connectivity index (χ1) is 13.2. The molecule has 1 aliphatic rings. The molecule has 2 aromatic carbocycles. The predicted molar refractivity (Wildman–Crippen MR) is 111 cm³/mol. The van der Waals surface area contributed by atoms with E-state index in [1.54, 1.807) is 38.1 Å². The standard InChI is InChI=1S/C19H17BrClN3O4/c1-10-3-4-13(8-16(10)24(27)28)23-9-12(7-17(23)25)19(26)22-15-6-5-14(20)18(21)11(15)2/h3-6,8,12H,7,9H2,1-2H3,(H,22,26)/t12-/m1/s1. The van der Waals surface area contributed by atoms with E-state index in [4.69, 9.17) is 11.6 Å². The number of nitro benzene ring substituents is 1. The van der Waals surface area contributed by atoms with Gasteiger partial charge < -0.3 is 10.2 Å². The Balaban J connectivity index is 1.78. The lowest BCUT2D eigenvalue weighted by Gasteiger charge is -2.17. The maximum atomic E-state index is 12.7. The Hall–Kier alpha value is -2.45. The topological polar surface area (TPSA) is 92.6 Å². The Morgan fingerprint density at radius 3 is 2.71 bits per heavy atom. The van der Waals surface area contributed by atoms with E-state index in [9.17, 15) is 19.7 Å². The summed E-state index contributed by atoms with van der Waals surface area (Å²) >= 11 is 9.52. The molecular formula is C19H17BrClN3O4. The van der Waals surface area contributed by atoms with E-state index in [1.165, 1.54) is 11.0 Å². The highest BCUT2D eigenvalue weighted by Crippen LogP contribution is 2.33. The number of carbonyl (C=O) groups excluding carboxylic acids is 2. The number of halogens is 2. The van der Waals surface area contributed by atoms with Crippen LogP contribution in [0.15, 0.2) is 34.8 Å². The molecule has 1 heterocycles. The average Bonchev–Trinajstić information content (AvgIpc) is 3.04. The number of nitro groups is 1. The molecule has 146 valence electrons. The van der Waals surface area contributed by atoms with Gasteiger partial charge in [-0.25, -0.2) is 0 Å². The van der Waals surface area contributed by atoms with E-state index in [2.05, 4.69) is 21.2 Å². The molecule has 28 heavy (non-hydrogen) atoms. The quantitative estimate of drug-likeness (QED) is 0.526. The third kappa shape index (κ3) is 3.88. The fourth-order valence-corrected chi connectivity index (χ4v) is 3.71. The first kappa shape index (κ1) is 20.3. The Kier molecular flexibility index (Phi) is 5.71. The highest BCUT2D eigenvalue weighted by Gasteiger charge is 2.36. The van der Waals surface area contributed by atoms with Crippen LogP contribution < -0.4 is 10.2 Å². The number of carbonyl (C=O) groups is 2. The number of hydrogen-bond acceptors (Lipinski definition) is 4. The van der Waals surface area contributed by atoms with E-state index in [0.717, 1.165) is 10.0 Å². The third-order valence-corrected chi connectivity index (χ3v) is 6.17. The fourth-order valence-electron chi connectivity index (χ4n) is 3.12. The van der Waals surface area contributed by atoms with Gasteiger partial charge in [0.25, 0.3) is 5.69 Å². The summed E-state index contributed by atoms with van der Waals surface area (Å²) in [7, 11) is 0. The minimum absolute atomic E-state index is 0.0385. The van der Waals surface area contributed by atoms with E-state index in [0.29, 0.717) is 22.0 Å². The molecule has 2 aromatic rings. The second-order valence-electron chi connectivity index (χ2n) is 6.66. The molecule has 9 heteroatoms. The molecule has 0 saturated carbocycles. The van der Waals surface area contributed by atoms with E-state index < -0.39 is 10.8 Å². The van der Waals surface area contributed by atoms with E-state index >= 15 is 0 Å². The summed E-state index contributed by atoms with van der Waals surface area (Å²) in [4.78, 5) is 37.2. The summed E-state index contributed by atoms with van der Waals surface area (Å²) in [6.45, 7) is 3.59. The highest BCUT2D eigenvalue weighted by molar-refractivity contribution is 9.10. The van der Waals surface area contributed by atoms with E-state index in [1.807, 2.05) is 0 Å². The van der Waals surface area contributed by atoms with Crippen molar-refractivity contribution in [2.45, 2.75) is 20.3 Å². The van der Waals surface area contributed by atoms with Gasteiger partial charge in [-0.1, -0.05) is 17.7 Å². The molecule has 0 unspecified atom stereocenters. The van der Waals surface area contributed by atoms with Crippen LogP contribution in [-0.2, 0) is 9.59 Å². The zero-order chi connectivity index (χ0) is 20.6. The van der Waals surface area contributed by atoms with Crippen LogP contribution in [0.2, 0.25) is 5.02 Å². The van der Waals surface area contributed by atoms with Crippen molar-refractivity contribution in [1.29, 1.82) is 0 Å². The molecule has 1 fully saturated rings. The van der Waals surface area contributed by atoms with Gasteiger partial charge in [0.05, 0.1) is 21.6 Å². The summed E-state index contributed by atoms with van der Waals surface area (Å²) in [5.74, 6) is -1.10. The largest absolute Gasteiger partial charge is 0.325 e. The van der Waals surface area contributed by atoms with Crippen LogP contribution in [0.5, 0.6) is 0 Å². The van der Waals surface area contributed by atoms with E-state index in [-0.39, 0.29) is 30.5 Å². The fraction of sp³-hybridized carbons (Fsp3) is 0.263. The van der Waals surface area contributed by atoms with Gasteiger partial charge >= 0.3 is 0 Å². The maximum Gasteiger partial charge on any atom is 0.274 e. The SMILES string of the molecule is Cc1ccc(N2C[C@H](C(=O)Nc3ccc(Br)c(Cl)c3C)CC2=O)cc1[N+](=O)[O-]. The van der Waals surface area contributed by atoms with Crippen LogP contribution in [-0.4, -0.2) is 23.3 Å². The van der Waals surface area contributed by atoms with Crippen molar-refractivity contribution in [3.8, 4) is 0 Å². The molecule has 0 aliphatic carbocycles. The van der Waals surface area contributed by atoms with Crippen molar-refractivity contribution in [1.82, 2.24) is 0 Å². The van der Waals surface area contributed by atoms with Crippen LogP contribution in [0.1, 0.15) is 17.5 Å². The lowest BCUT2D eigenvalue weighted by atomic mass is 10.1. The second kappa shape index (κ2) is 7.89. The second-order valence-corrected chi connectivity index (χ2v) is 7.89. The number of anilines is 2. The number of benzene rings is 2. The van der Waals surface area contributed by atoms with Crippen molar-refractivity contribution >= 4 is 56.4 Å². The normalized spacial score (nSPS) is 16.4. The Morgan fingerprint density at radius 1 is 1.32 bits per heavy atom. The first-order valence-electron chi connectivity index (χ1n) is 8.50. The lowest BCUT2D eigenvalue weighted by Crippen LogP contribution is -2.28. The zero-order valence-corrected chi connectivity index (χ0v) is 17.5. The maximum absolute atomic E-state index is 12.7. The van der Waals surface area contributed by atoms with Gasteiger partial charge in [0.15, 0.2) is 0 Å². The molecule has 2 amide bonds. The number of nitrogens with one attached hydrogen (secondary N) is 1. The molecular weight excluding hydrogens is 450 g/mol. The van der Waals surface area contributed by atoms with Crippen molar-refractivity contribution in [2.75, 3.05) is 16.8 Å². The van der Waals surface area contributed by atoms with Gasteiger partial charge in [0, 0.05) is 34.8 Å². The summed E-state index contributed by atoms with van der Waals surface area (Å²) in [5.41, 5.74) is 2.17. The molecule has 1 saturated heterocycles. The van der Waals surface area contributed by atoms with Crippen molar-refractivity contribution in [3.05, 3.63) is 61.1 Å². The van der Waals surface area contributed by atoms with Crippen LogP contribution in [0.3, 0.4) is 0 Å². The molecule has 0 spiro atoms. The number of amides is 2. The van der Waals surface area contributed by atoms with Gasteiger partial charge in [0.2, 0.25) is 11.8 Å². The Morgan fingerprint density at radius 2 is 2.04 bits per heavy atom. The Labute approximate surface area is 174 Å². The minimum Gasteiger partial charge on any atom is -0.325 e. The smallest absolute Gasteiger partial charge is 0.274 e. The van der Waals surface area contributed by atoms with Gasteiger partial charge in [-0.3, -0.25) is 19.7 Å². The molecule has 3 rings (SSSR count). The summed E-state index contributed by atoms with van der Waals surface area (Å²) in [6, 6.07) is 8.09. The van der Waals surface area contributed by atoms with Crippen LogP contribution in [0, 0.1) is 29.9 Å². The third-order valence-electron chi connectivity index (χ3n) is 4.79. The number of rotatable bonds is 4. The summed E-state index contributed by atoms with van der Waals surface area (Å²) in [6.07, 6.45) is 0.0385. The molecule has 0 aromatic heterocycles. The van der Waals surface area contributed by atoms with Crippen LogP contribution in [0.25, 0.3) is 0 Å². The summed E-state index contributed by atoms with van der Waals surface area (Å²) < 4.78 is 0.729. The molecule has 1 aliphatic heterocycles. The van der Waals surface area contributed by atoms with Gasteiger partial charge in [-0.2, -0.15) is 0 Å². The molecule has 1 N–H and O–H groups in total. The highest BCUT2D eigenvalue weighted by atomic mass is 79.9. The number of aryl methyl sites for hydroxylation is 1. The van der Waals surface area contributed by atoms with Crippen LogP contribution >= 0.6 is 27.5 Å². The monoisotopic (exact) mass is 465 g/mol. The zero-order valence-electron chi connectivity index (χ0n) is 15.2. The predicted octanol–water partition coefficient (Wildman–Crippen LogP) is 4.62. The molecule has 7 nitrogen and oxygen atoms in total. The lowest BCUT2D eigenvalue weighted by molar-refractivity contribution is -0.385. The molecule has 0 radical (unpaired) electrons. The van der Waals surface area contributed by atoms with Crippen LogP contribution in [0.4, 0.5) is 17.1 Å². The Bertz CT molecular complexity index is 995. The van der Waals surface area contributed by atoms with Gasteiger partial charge in [-0.15, -0.1) is 0 Å².